The first kappa shape index (κ1) is 22.1. The van der Waals surface area contributed by atoms with Gasteiger partial charge < -0.3 is 15.2 Å². The van der Waals surface area contributed by atoms with Crippen molar-refractivity contribution in [3.05, 3.63) is 59.7 Å². The Hall–Kier alpha value is -3.15. The van der Waals surface area contributed by atoms with E-state index < -0.39 is 5.97 Å². The fourth-order valence-corrected chi connectivity index (χ4v) is 2.73. The number of benzene rings is 2. The van der Waals surface area contributed by atoms with Crippen LogP contribution in [0.4, 0.5) is 5.69 Å². The van der Waals surface area contributed by atoms with E-state index in [0.717, 1.165) is 18.6 Å². The van der Waals surface area contributed by atoms with Crippen LogP contribution in [0.15, 0.2) is 48.5 Å². The molecule has 1 amide bonds. The third-order valence-corrected chi connectivity index (χ3v) is 4.41. The predicted molar refractivity (Wildman–Crippen MR) is 112 cm³/mol. The van der Waals surface area contributed by atoms with Crippen LogP contribution in [-0.4, -0.2) is 29.4 Å². The maximum absolute atomic E-state index is 12.4. The third kappa shape index (κ3) is 7.78. The van der Waals surface area contributed by atoms with Gasteiger partial charge in [0.2, 0.25) is 0 Å². The highest BCUT2D eigenvalue weighted by Crippen LogP contribution is 2.16. The molecule has 0 atom stereocenters. The lowest BCUT2D eigenvalue weighted by atomic mass is 10.1. The zero-order chi connectivity index (χ0) is 21.1. The van der Waals surface area contributed by atoms with Crippen LogP contribution in [-0.2, 0) is 4.79 Å². The largest absolute Gasteiger partial charge is 0.494 e. The van der Waals surface area contributed by atoms with Gasteiger partial charge in [0, 0.05) is 23.2 Å². The Morgan fingerprint density at radius 2 is 1.52 bits per heavy atom. The number of amides is 1. The minimum absolute atomic E-state index is 0.0476. The maximum Gasteiger partial charge on any atom is 0.303 e. The summed E-state index contributed by atoms with van der Waals surface area (Å²) in [5, 5.41) is 11.4. The second-order valence-corrected chi connectivity index (χ2v) is 6.78. The van der Waals surface area contributed by atoms with E-state index in [1.54, 1.807) is 48.5 Å². The van der Waals surface area contributed by atoms with Gasteiger partial charge in [0.15, 0.2) is 5.78 Å². The van der Waals surface area contributed by atoms with E-state index in [4.69, 9.17) is 9.84 Å². The number of carbonyl (C=O) groups is 3. The van der Waals surface area contributed by atoms with Crippen molar-refractivity contribution in [3.63, 3.8) is 0 Å². The van der Waals surface area contributed by atoms with Crippen LogP contribution < -0.4 is 10.1 Å². The minimum Gasteiger partial charge on any atom is -0.494 e. The second-order valence-electron chi connectivity index (χ2n) is 6.78. The van der Waals surface area contributed by atoms with E-state index in [9.17, 15) is 14.4 Å². The van der Waals surface area contributed by atoms with Crippen molar-refractivity contribution in [2.24, 2.45) is 0 Å². The summed E-state index contributed by atoms with van der Waals surface area (Å²) in [4.78, 5) is 34.8. The van der Waals surface area contributed by atoms with Crippen molar-refractivity contribution >= 4 is 23.3 Å². The molecular weight excluding hydrogens is 370 g/mol. The molecular formula is C23H27NO5. The summed E-state index contributed by atoms with van der Waals surface area (Å²) < 4.78 is 5.68. The molecule has 0 aliphatic rings. The molecule has 0 radical (unpaired) electrons. The summed E-state index contributed by atoms with van der Waals surface area (Å²) in [6, 6.07) is 13.4. The molecule has 6 heteroatoms. The van der Waals surface area contributed by atoms with Gasteiger partial charge in [-0.15, -0.1) is 0 Å². The van der Waals surface area contributed by atoms with E-state index >= 15 is 0 Å². The number of carboxylic acids is 1. The molecule has 0 heterocycles. The van der Waals surface area contributed by atoms with Crippen molar-refractivity contribution in [1.29, 1.82) is 0 Å². The molecule has 0 unspecified atom stereocenters. The van der Waals surface area contributed by atoms with Crippen LogP contribution in [0.25, 0.3) is 0 Å². The van der Waals surface area contributed by atoms with Gasteiger partial charge in [-0.05, 0) is 55.0 Å². The van der Waals surface area contributed by atoms with E-state index in [2.05, 4.69) is 12.2 Å². The maximum atomic E-state index is 12.4. The summed E-state index contributed by atoms with van der Waals surface area (Å²) in [5.41, 5.74) is 1.48. The highest BCUT2D eigenvalue weighted by atomic mass is 16.5. The summed E-state index contributed by atoms with van der Waals surface area (Å²) >= 11 is 0. The number of ketones is 1. The molecule has 0 aromatic heterocycles. The molecule has 0 aliphatic carbocycles. The standard InChI is InChI=1S/C23H27NO5/c1-2-3-4-5-16-29-20-12-8-18(9-13-20)23(28)24-19-10-6-17(7-11-19)21(25)14-15-22(26)27/h6-13H,2-5,14-16H2,1H3,(H,24,28)(H,26,27). The molecule has 2 rings (SSSR count). The van der Waals surface area contributed by atoms with E-state index in [1.807, 2.05) is 0 Å². The minimum atomic E-state index is -1.00. The zero-order valence-electron chi connectivity index (χ0n) is 16.6. The van der Waals surface area contributed by atoms with Crippen molar-refractivity contribution < 1.29 is 24.2 Å². The number of rotatable bonds is 12. The molecule has 2 aromatic rings. The fourth-order valence-electron chi connectivity index (χ4n) is 2.73. The second kappa shape index (κ2) is 11.6. The Balaban J connectivity index is 1.84. The Morgan fingerprint density at radius 3 is 2.14 bits per heavy atom. The van der Waals surface area contributed by atoms with Crippen LogP contribution in [0.5, 0.6) is 5.75 Å². The van der Waals surface area contributed by atoms with Gasteiger partial charge in [-0.2, -0.15) is 0 Å². The van der Waals surface area contributed by atoms with Gasteiger partial charge in [0.25, 0.3) is 5.91 Å². The van der Waals surface area contributed by atoms with Crippen molar-refractivity contribution in [2.75, 3.05) is 11.9 Å². The first-order valence-electron chi connectivity index (χ1n) is 9.89. The van der Waals surface area contributed by atoms with Crippen molar-refractivity contribution in [3.8, 4) is 5.75 Å². The zero-order valence-corrected chi connectivity index (χ0v) is 16.6. The fraction of sp³-hybridized carbons (Fsp3) is 0.348. The van der Waals surface area contributed by atoms with E-state index in [1.165, 1.54) is 12.8 Å². The number of aliphatic carboxylic acids is 1. The highest BCUT2D eigenvalue weighted by Gasteiger charge is 2.10. The highest BCUT2D eigenvalue weighted by molar-refractivity contribution is 6.04. The molecule has 0 spiro atoms. The van der Waals surface area contributed by atoms with E-state index in [0.29, 0.717) is 23.4 Å². The van der Waals surface area contributed by atoms with Gasteiger partial charge >= 0.3 is 5.97 Å². The predicted octanol–water partition coefficient (Wildman–Crippen LogP) is 4.95. The van der Waals surface area contributed by atoms with E-state index in [-0.39, 0.29) is 24.5 Å². The Labute approximate surface area is 170 Å². The van der Waals surface area contributed by atoms with Gasteiger partial charge in [-0.25, -0.2) is 0 Å². The van der Waals surface area contributed by atoms with Gasteiger partial charge in [-0.1, -0.05) is 26.2 Å². The smallest absolute Gasteiger partial charge is 0.303 e. The van der Waals surface area contributed by atoms with Crippen molar-refractivity contribution in [2.45, 2.75) is 45.4 Å². The molecule has 154 valence electrons. The van der Waals surface area contributed by atoms with Crippen LogP contribution in [0.1, 0.15) is 66.2 Å². The molecule has 6 nitrogen and oxygen atoms in total. The number of nitrogens with one attached hydrogen (secondary N) is 1. The molecule has 0 saturated carbocycles. The quantitative estimate of drug-likeness (QED) is 0.391. The molecule has 0 bridgehead atoms. The van der Waals surface area contributed by atoms with Crippen molar-refractivity contribution in [1.82, 2.24) is 0 Å². The number of ether oxygens (including phenoxy) is 1. The molecule has 0 aliphatic heterocycles. The number of hydrogen-bond donors (Lipinski definition) is 2. The molecule has 2 aromatic carbocycles. The van der Waals surface area contributed by atoms with Crippen LogP contribution >= 0.6 is 0 Å². The summed E-state index contributed by atoms with van der Waals surface area (Å²) in [6.07, 6.45) is 4.32. The van der Waals surface area contributed by atoms with Crippen LogP contribution in [0, 0.1) is 0 Å². The number of carboxylic acid groups (broad SMARTS) is 1. The molecule has 29 heavy (non-hydrogen) atoms. The Morgan fingerprint density at radius 1 is 0.862 bits per heavy atom. The number of Topliss-reactive ketones (excluding diaryl/α,β-unsaturated/α-hetero) is 1. The number of anilines is 1. The average molecular weight is 397 g/mol. The first-order chi connectivity index (χ1) is 14.0. The summed E-state index contributed by atoms with van der Waals surface area (Å²) in [5.74, 6) is -0.766. The topological polar surface area (TPSA) is 92.7 Å². The van der Waals surface area contributed by atoms with Gasteiger partial charge in [0.05, 0.1) is 13.0 Å². The third-order valence-electron chi connectivity index (χ3n) is 4.41. The average Bonchev–Trinajstić information content (AvgIpc) is 2.72. The monoisotopic (exact) mass is 397 g/mol. The lowest BCUT2D eigenvalue weighted by Gasteiger charge is -2.08. The summed E-state index contributed by atoms with van der Waals surface area (Å²) in [6.45, 7) is 2.84. The lowest BCUT2D eigenvalue weighted by molar-refractivity contribution is -0.136. The SMILES string of the molecule is CCCCCCOc1ccc(C(=O)Nc2ccc(C(=O)CCC(=O)O)cc2)cc1. The van der Waals surface area contributed by atoms with Gasteiger partial charge in [-0.3, -0.25) is 14.4 Å². The molecule has 0 fully saturated rings. The number of carbonyl (C=O) groups excluding carboxylic acids is 2. The number of unbranched alkanes of at least 4 members (excludes halogenated alkanes) is 3. The van der Waals surface area contributed by atoms with Gasteiger partial charge in [0.1, 0.15) is 5.75 Å². The number of hydrogen-bond acceptors (Lipinski definition) is 4. The molecule has 2 N–H and O–H groups in total. The first-order valence-corrected chi connectivity index (χ1v) is 9.89. The molecule has 0 saturated heterocycles. The lowest BCUT2D eigenvalue weighted by Crippen LogP contribution is -2.12. The normalized spacial score (nSPS) is 10.4. The van der Waals surface area contributed by atoms with Crippen LogP contribution in [0.3, 0.4) is 0 Å². The van der Waals surface area contributed by atoms with Crippen LogP contribution in [0.2, 0.25) is 0 Å². The Kier molecular flexibility index (Phi) is 8.89. The Bertz CT molecular complexity index is 812. The summed E-state index contributed by atoms with van der Waals surface area (Å²) in [7, 11) is 0.